The van der Waals surface area contributed by atoms with Crippen LogP contribution in [0.3, 0.4) is 0 Å². The summed E-state index contributed by atoms with van der Waals surface area (Å²) < 4.78 is 7.20. The maximum absolute atomic E-state index is 12.3. The number of thiocarbonyl (C=S) groups is 1. The number of carbonyl (C=O) groups is 1. The molecule has 0 N–H and O–H groups in total. The van der Waals surface area contributed by atoms with Crippen molar-refractivity contribution in [1.82, 2.24) is 4.90 Å². The molecule has 1 aromatic rings. The Hall–Kier alpha value is -0.850. The van der Waals surface area contributed by atoms with Gasteiger partial charge in [-0.25, -0.2) is 0 Å². The largest absolute Gasteiger partial charge is 0.490 e. The van der Waals surface area contributed by atoms with Crippen LogP contribution in [0.5, 0.6) is 5.75 Å². The number of benzene rings is 1. The van der Waals surface area contributed by atoms with E-state index in [1.807, 2.05) is 45.0 Å². The first-order chi connectivity index (χ1) is 10.4. The molecule has 22 heavy (non-hydrogen) atoms. The number of thioether (sulfide) groups is 1. The first-order valence-corrected chi connectivity index (χ1v) is 9.15. The van der Waals surface area contributed by atoms with E-state index in [9.17, 15) is 4.79 Å². The van der Waals surface area contributed by atoms with Gasteiger partial charge < -0.3 is 4.74 Å². The molecule has 0 aromatic heterocycles. The highest BCUT2D eigenvalue weighted by Crippen LogP contribution is 2.34. The summed E-state index contributed by atoms with van der Waals surface area (Å²) in [5, 5.41) is 0. The second-order valence-corrected chi connectivity index (χ2v) is 7.72. The van der Waals surface area contributed by atoms with Crippen molar-refractivity contribution in [2.45, 2.75) is 33.3 Å². The lowest BCUT2D eigenvalue weighted by Gasteiger charge is -2.12. The molecule has 1 saturated heterocycles. The molecule has 1 amide bonds. The van der Waals surface area contributed by atoms with Crippen molar-refractivity contribution < 1.29 is 9.53 Å². The van der Waals surface area contributed by atoms with Gasteiger partial charge in [0.25, 0.3) is 5.91 Å². The molecule has 0 spiro atoms. The summed E-state index contributed by atoms with van der Waals surface area (Å²) in [6.07, 6.45) is 2.89. The van der Waals surface area contributed by atoms with E-state index in [0.717, 1.165) is 22.2 Å². The highest BCUT2D eigenvalue weighted by molar-refractivity contribution is 9.10. The predicted molar refractivity (Wildman–Crippen MR) is 100 cm³/mol. The van der Waals surface area contributed by atoms with Crippen LogP contribution in [0.4, 0.5) is 0 Å². The van der Waals surface area contributed by atoms with Crippen molar-refractivity contribution in [1.29, 1.82) is 0 Å². The minimum Gasteiger partial charge on any atom is -0.490 e. The Labute approximate surface area is 149 Å². The minimum atomic E-state index is -0.00419. The monoisotopic (exact) mass is 399 g/mol. The normalized spacial score (nSPS) is 17.0. The van der Waals surface area contributed by atoms with Gasteiger partial charge in [0.15, 0.2) is 0 Å². The molecule has 0 bridgehead atoms. The van der Waals surface area contributed by atoms with Crippen LogP contribution in [-0.4, -0.2) is 27.8 Å². The van der Waals surface area contributed by atoms with Crippen LogP contribution < -0.4 is 4.74 Å². The zero-order chi connectivity index (χ0) is 16.3. The topological polar surface area (TPSA) is 29.5 Å². The zero-order valence-corrected chi connectivity index (χ0v) is 16.0. The number of hydrogen-bond acceptors (Lipinski definition) is 4. The Morgan fingerprint density at radius 1 is 1.45 bits per heavy atom. The van der Waals surface area contributed by atoms with Gasteiger partial charge in [-0.2, -0.15) is 0 Å². The number of carbonyl (C=O) groups excluding carboxylic acids is 1. The van der Waals surface area contributed by atoms with Crippen molar-refractivity contribution in [2.75, 3.05) is 6.54 Å². The molecule has 1 heterocycles. The first-order valence-electron chi connectivity index (χ1n) is 7.14. The molecule has 1 fully saturated rings. The van der Waals surface area contributed by atoms with E-state index in [0.29, 0.717) is 15.8 Å². The van der Waals surface area contributed by atoms with Crippen LogP contribution >= 0.6 is 39.9 Å². The van der Waals surface area contributed by atoms with E-state index >= 15 is 0 Å². The minimum absolute atomic E-state index is 0.00419. The second kappa shape index (κ2) is 7.62. The lowest BCUT2D eigenvalue weighted by molar-refractivity contribution is -0.122. The summed E-state index contributed by atoms with van der Waals surface area (Å²) in [6.45, 7) is 6.68. The Morgan fingerprint density at radius 2 is 2.18 bits per heavy atom. The summed E-state index contributed by atoms with van der Waals surface area (Å²) in [6, 6.07) is 5.79. The lowest BCUT2D eigenvalue weighted by Crippen LogP contribution is -2.28. The van der Waals surface area contributed by atoms with Crippen molar-refractivity contribution in [3.05, 3.63) is 33.1 Å². The Balaban J connectivity index is 2.21. The second-order valence-electron chi connectivity index (χ2n) is 5.19. The molecule has 118 valence electrons. The molecule has 3 nitrogen and oxygen atoms in total. The van der Waals surface area contributed by atoms with Crippen LogP contribution in [0.25, 0.3) is 6.08 Å². The van der Waals surface area contributed by atoms with Crippen LogP contribution in [0.1, 0.15) is 32.8 Å². The third kappa shape index (κ3) is 4.12. The van der Waals surface area contributed by atoms with Crippen LogP contribution in [-0.2, 0) is 4.79 Å². The number of ether oxygens (including phenoxy) is 1. The summed E-state index contributed by atoms with van der Waals surface area (Å²) >= 11 is 10.1. The van der Waals surface area contributed by atoms with Gasteiger partial charge in [-0.15, -0.1) is 0 Å². The molecule has 0 saturated carbocycles. The third-order valence-electron chi connectivity index (χ3n) is 2.94. The van der Waals surface area contributed by atoms with Crippen LogP contribution in [0, 0.1) is 0 Å². The smallest absolute Gasteiger partial charge is 0.266 e. The molecule has 6 heteroatoms. The number of amides is 1. The van der Waals surface area contributed by atoms with Crippen LogP contribution in [0.15, 0.2) is 27.6 Å². The fourth-order valence-corrected chi connectivity index (χ4v) is 3.82. The van der Waals surface area contributed by atoms with Gasteiger partial charge >= 0.3 is 0 Å². The van der Waals surface area contributed by atoms with E-state index in [4.69, 9.17) is 17.0 Å². The highest BCUT2D eigenvalue weighted by Gasteiger charge is 2.31. The third-order valence-corrected chi connectivity index (χ3v) is 4.93. The highest BCUT2D eigenvalue weighted by atomic mass is 79.9. The van der Waals surface area contributed by atoms with E-state index in [1.54, 1.807) is 4.90 Å². The first kappa shape index (κ1) is 17.5. The van der Waals surface area contributed by atoms with Gasteiger partial charge in [-0.3, -0.25) is 9.69 Å². The molecule has 2 rings (SSSR count). The van der Waals surface area contributed by atoms with E-state index in [1.165, 1.54) is 11.8 Å². The van der Waals surface area contributed by atoms with Gasteiger partial charge in [-0.1, -0.05) is 37.0 Å². The number of halogens is 1. The number of hydrogen-bond donors (Lipinski definition) is 0. The number of nitrogens with zero attached hydrogens (tertiary/aromatic N) is 1. The molecular formula is C16H18BrNO2S2. The Morgan fingerprint density at radius 3 is 2.77 bits per heavy atom. The summed E-state index contributed by atoms with van der Waals surface area (Å²) in [5.74, 6) is 0.793. The van der Waals surface area contributed by atoms with E-state index in [-0.39, 0.29) is 12.0 Å². The van der Waals surface area contributed by atoms with Gasteiger partial charge in [0.1, 0.15) is 10.1 Å². The average molecular weight is 400 g/mol. The van der Waals surface area contributed by atoms with Crippen LogP contribution in [0.2, 0.25) is 0 Å². The number of rotatable bonds is 5. The molecule has 1 aliphatic heterocycles. The van der Waals surface area contributed by atoms with Crippen molar-refractivity contribution in [3.8, 4) is 5.75 Å². The molecule has 0 aliphatic carbocycles. The van der Waals surface area contributed by atoms with Gasteiger partial charge in [0, 0.05) is 6.54 Å². The van der Waals surface area contributed by atoms with Gasteiger partial charge in [0.05, 0.1) is 15.5 Å². The molecular weight excluding hydrogens is 382 g/mol. The SMILES string of the molecule is CCCN1C(=O)/C(=C\c2ccc(OC(C)C)c(Br)c2)SC1=S. The molecule has 0 atom stereocenters. The van der Waals surface area contributed by atoms with Gasteiger partial charge in [0.2, 0.25) is 0 Å². The Bertz CT molecular complexity index is 629. The summed E-state index contributed by atoms with van der Waals surface area (Å²) in [4.78, 5) is 14.7. The summed E-state index contributed by atoms with van der Waals surface area (Å²) in [7, 11) is 0. The lowest BCUT2D eigenvalue weighted by atomic mass is 10.2. The molecule has 0 radical (unpaired) electrons. The molecule has 1 aromatic carbocycles. The van der Waals surface area contributed by atoms with E-state index in [2.05, 4.69) is 15.9 Å². The van der Waals surface area contributed by atoms with Crippen molar-refractivity contribution in [3.63, 3.8) is 0 Å². The summed E-state index contributed by atoms with van der Waals surface area (Å²) in [5.41, 5.74) is 0.944. The quantitative estimate of drug-likeness (QED) is 0.522. The zero-order valence-electron chi connectivity index (χ0n) is 12.8. The van der Waals surface area contributed by atoms with Crippen molar-refractivity contribution >= 4 is 56.2 Å². The van der Waals surface area contributed by atoms with Crippen molar-refractivity contribution in [2.24, 2.45) is 0 Å². The fourth-order valence-electron chi connectivity index (χ4n) is 2.02. The van der Waals surface area contributed by atoms with E-state index < -0.39 is 0 Å². The Kier molecular flexibility index (Phi) is 6.06. The predicted octanol–water partition coefficient (Wildman–Crippen LogP) is 4.85. The molecule has 1 aliphatic rings. The van der Waals surface area contributed by atoms with Gasteiger partial charge in [-0.05, 0) is 60.0 Å². The maximum Gasteiger partial charge on any atom is 0.266 e. The maximum atomic E-state index is 12.3. The average Bonchev–Trinajstić information content (AvgIpc) is 2.70. The standard InChI is InChI=1S/C16H18BrNO2S2/c1-4-7-18-15(19)14(22-16(18)21)9-11-5-6-13(12(17)8-11)20-10(2)3/h5-6,8-10H,4,7H2,1-3H3/b14-9+. The fraction of sp³-hybridized carbons (Fsp3) is 0.375. The molecule has 0 unspecified atom stereocenters.